The van der Waals surface area contributed by atoms with E-state index in [0.29, 0.717) is 6.54 Å². The zero-order chi connectivity index (χ0) is 17.6. The Morgan fingerprint density at radius 1 is 0.960 bits per heavy atom. The van der Waals surface area contributed by atoms with Crippen LogP contribution in [0.3, 0.4) is 0 Å². The van der Waals surface area contributed by atoms with E-state index in [1.165, 1.54) is 0 Å². The average molecular weight is 347 g/mol. The maximum absolute atomic E-state index is 12.8. The van der Waals surface area contributed by atoms with Crippen LogP contribution in [0.2, 0.25) is 0 Å². The molecule has 0 aliphatic carbocycles. The third-order valence-electron chi connectivity index (χ3n) is 5.26. The fourth-order valence-corrected chi connectivity index (χ4v) is 3.85. The summed E-state index contributed by atoms with van der Waals surface area (Å²) in [5, 5.41) is 0. The monoisotopic (exact) mass is 347 g/mol. The average Bonchev–Trinajstić information content (AvgIpc) is 3.13. The second-order valence-corrected chi connectivity index (χ2v) is 7.13. The molecule has 7 heteroatoms. The summed E-state index contributed by atoms with van der Waals surface area (Å²) in [6, 6.07) is 4.09. The molecule has 1 aromatic rings. The summed E-state index contributed by atoms with van der Waals surface area (Å²) in [6.07, 6.45) is 6.05. The molecule has 2 aliphatic rings. The molecule has 0 radical (unpaired) electrons. The van der Waals surface area contributed by atoms with Crippen LogP contribution in [0.25, 0.3) is 0 Å². The Balaban J connectivity index is 1.42. The molecule has 2 saturated heterocycles. The van der Waals surface area contributed by atoms with Gasteiger partial charge in [0.05, 0.1) is 12.5 Å². The Labute approximate surface area is 149 Å². The van der Waals surface area contributed by atoms with Crippen molar-refractivity contribution in [2.45, 2.75) is 19.4 Å². The molecule has 1 atom stereocenters. The van der Waals surface area contributed by atoms with Crippen LogP contribution in [-0.4, -0.2) is 83.4 Å². The van der Waals surface area contributed by atoms with Crippen LogP contribution in [0.4, 0.5) is 0 Å². The Kier molecular flexibility index (Phi) is 6.09. The number of aromatic nitrogens is 1. The smallest absolute Gasteiger partial charge is 0.231 e. The summed E-state index contributed by atoms with van der Waals surface area (Å²) in [5.41, 5.74) is 5.28. The Bertz CT molecular complexity index is 566. The first-order valence-corrected chi connectivity index (χ1v) is 9.24. The number of piperidine rings is 1. The highest BCUT2D eigenvalue weighted by atomic mass is 16.2. The van der Waals surface area contributed by atoms with Crippen LogP contribution < -0.4 is 5.73 Å². The first-order chi connectivity index (χ1) is 12.1. The molecule has 0 aromatic carbocycles. The van der Waals surface area contributed by atoms with Crippen molar-refractivity contribution in [2.75, 3.05) is 52.4 Å². The molecular formula is C18H29N5O2. The van der Waals surface area contributed by atoms with Gasteiger partial charge < -0.3 is 15.2 Å². The molecule has 3 rings (SSSR count). The van der Waals surface area contributed by atoms with Crippen molar-refractivity contribution in [3.63, 3.8) is 0 Å². The van der Waals surface area contributed by atoms with Crippen LogP contribution in [0.15, 0.2) is 24.5 Å². The van der Waals surface area contributed by atoms with E-state index in [4.69, 9.17) is 5.73 Å². The van der Waals surface area contributed by atoms with Gasteiger partial charge in [-0.25, -0.2) is 0 Å². The lowest BCUT2D eigenvalue weighted by Crippen LogP contribution is -2.53. The van der Waals surface area contributed by atoms with Crippen molar-refractivity contribution in [1.29, 1.82) is 0 Å². The summed E-state index contributed by atoms with van der Waals surface area (Å²) < 4.78 is 2.19. The summed E-state index contributed by atoms with van der Waals surface area (Å²) in [7, 11) is 0. The zero-order valence-corrected chi connectivity index (χ0v) is 14.8. The minimum Gasteiger partial charge on any atom is -0.369 e. The number of likely N-dealkylation sites (tertiary alicyclic amines) is 1. The van der Waals surface area contributed by atoms with Crippen LogP contribution in [0.1, 0.15) is 12.8 Å². The van der Waals surface area contributed by atoms with Gasteiger partial charge >= 0.3 is 0 Å². The van der Waals surface area contributed by atoms with Crippen molar-refractivity contribution in [3.05, 3.63) is 24.5 Å². The highest BCUT2D eigenvalue weighted by Gasteiger charge is 2.31. The van der Waals surface area contributed by atoms with Gasteiger partial charge in [-0.3, -0.25) is 19.4 Å². The van der Waals surface area contributed by atoms with Crippen molar-refractivity contribution in [3.8, 4) is 0 Å². The van der Waals surface area contributed by atoms with Gasteiger partial charge in [0.15, 0.2) is 0 Å². The van der Waals surface area contributed by atoms with Gasteiger partial charge in [0.2, 0.25) is 11.8 Å². The lowest BCUT2D eigenvalue weighted by molar-refractivity contribution is -0.139. The number of carbonyl (C=O) groups is 2. The van der Waals surface area contributed by atoms with Crippen molar-refractivity contribution in [1.82, 2.24) is 19.3 Å². The number of piperazine rings is 1. The number of nitrogens with zero attached hydrogens (tertiary/aromatic N) is 4. The van der Waals surface area contributed by atoms with Gasteiger partial charge in [-0.2, -0.15) is 0 Å². The third-order valence-corrected chi connectivity index (χ3v) is 5.26. The predicted octanol–water partition coefficient (Wildman–Crippen LogP) is -0.170. The lowest BCUT2D eigenvalue weighted by Gasteiger charge is -2.38. The van der Waals surface area contributed by atoms with E-state index in [0.717, 1.165) is 58.7 Å². The van der Waals surface area contributed by atoms with Gasteiger partial charge in [-0.05, 0) is 31.5 Å². The van der Waals surface area contributed by atoms with Crippen LogP contribution >= 0.6 is 0 Å². The van der Waals surface area contributed by atoms with E-state index in [1.807, 2.05) is 21.9 Å². The highest BCUT2D eigenvalue weighted by molar-refractivity contribution is 5.80. The fourth-order valence-electron chi connectivity index (χ4n) is 3.85. The van der Waals surface area contributed by atoms with Crippen LogP contribution in [-0.2, 0) is 16.1 Å². The number of rotatable bonds is 6. The largest absolute Gasteiger partial charge is 0.369 e. The van der Waals surface area contributed by atoms with E-state index in [-0.39, 0.29) is 24.3 Å². The van der Waals surface area contributed by atoms with Crippen LogP contribution in [0, 0.1) is 5.92 Å². The predicted molar refractivity (Wildman–Crippen MR) is 95.8 cm³/mol. The number of amides is 2. The van der Waals surface area contributed by atoms with E-state index in [9.17, 15) is 9.59 Å². The van der Waals surface area contributed by atoms with Gasteiger partial charge in [0.1, 0.15) is 0 Å². The first kappa shape index (κ1) is 17.9. The summed E-state index contributed by atoms with van der Waals surface area (Å²) in [6.45, 7) is 7.27. The maximum Gasteiger partial charge on any atom is 0.231 e. The second-order valence-electron chi connectivity index (χ2n) is 7.13. The van der Waals surface area contributed by atoms with E-state index >= 15 is 0 Å². The molecule has 2 aliphatic heterocycles. The van der Waals surface area contributed by atoms with Gasteiger partial charge in [0.25, 0.3) is 0 Å². The van der Waals surface area contributed by atoms with Gasteiger partial charge in [-0.15, -0.1) is 0 Å². The summed E-state index contributed by atoms with van der Waals surface area (Å²) in [4.78, 5) is 30.3. The number of carbonyl (C=O) groups excluding carboxylic acids is 2. The van der Waals surface area contributed by atoms with Crippen molar-refractivity contribution in [2.24, 2.45) is 11.7 Å². The third kappa shape index (κ3) is 5.06. The Morgan fingerprint density at radius 3 is 2.36 bits per heavy atom. The van der Waals surface area contributed by atoms with E-state index in [1.54, 1.807) is 0 Å². The minimum atomic E-state index is -0.315. The SMILES string of the molecule is NC(=O)CN1CCC[C@H](C(=O)N2CCN(CCn3cccc3)CC2)C1. The summed E-state index contributed by atoms with van der Waals surface area (Å²) >= 11 is 0. The van der Waals surface area contributed by atoms with Crippen molar-refractivity contribution < 1.29 is 9.59 Å². The molecular weight excluding hydrogens is 318 g/mol. The van der Waals surface area contributed by atoms with Gasteiger partial charge in [-0.1, -0.05) is 0 Å². The molecule has 0 spiro atoms. The molecule has 138 valence electrons. The molecule has 7 nitrogen and oxygen atoms in total. The number of hydrogen-bond acceptors (Lipinski definition) is 4. The number of primary amides is 1. The second kappa shape index (κ2) is 8.49. The highest BCUT2D eigenvalue weighted by Crippen LogP contribution is 2.19. The summed E-state index contributed by atoms with van der Waals surface area (Å²) in [5.74, 6) is -0.0526. The molecule has 3 heterocycles. The molecule has 2 fully saturated rings. The minimum absolute atomic E-state index is 0.0134. The fraction of sp³-hybridized carbons (Fsp3) is 0.667. The Hall–Kier alpha value is -1.86. The Morgan fingerprint density at radius 2 is 1.68 bits per heavy atom. The van der Waals surface area contributed by atoms with Gasteiger partial charge in [0, 0.05) is 58.2 Å². The number of hydrogen-bond donors (Lipinski definition) is 1. The topological polar surface area (TPSA) is 74.8 Å². The molecule has 2 N–H and O–H groups in total. The van der Waals surface area contributed by atoms with E-state index in [2.05, 4.69) is 21.9 Å². The normalized spacial score (nSPS) is 22.9. The zero-order valence-electron chi connectivity index (χ0n) is 14.8. The lowest BCUT2D eigenvalue weighted by atomic mass is 9.96. The first-order valence-electron chi connectivity index (χ1n) is 9.24. The molecule has 0 unspecified atom stereocenters. The molecule has 0 bridgehead atoms. The van der Waals surface area contributed by atoms with E-state index < -0.39 is 0 Å². The maximum atomic E-state index is 12.8. The molecule has 25 heavy (non-hydrogen) atoms. The quantitative estimate of drug-likeness (QED) is 0.775. The standard InChI is InChI=1S/C18H29N5O2/c19-17(24)15-22-7-3-4-16(14-22)18(25)23-12-10-21(11-13-23)9-8-20-5-1-2-6-20/h1-2,5-6,16H,3-4,7-15H2,(H2,19,24)/t16-/m0/s1. The molecule has 1 aromatic heterocycles. The molecule has 2 amide bonds. The van der Waals surface area contributed by atoms with Crippen molar-refractivity contribution >= 4 is 11.8 Å². The number of nitrogens with two attached hydrogens (primary N) is 1. The van der Waals surface area contributed by atoms with Crippen LogP contribution in [0.5, 0.6) is 0 Å². The molecule has 0 saturated carbocycles.